The van der Waals surface area contributed by atoms with Crippen molar-refractivity contribution >= 4 is 5.69 Å². The van der Waals surface area contributed by atoms with Crippen molar-refractivity contribution in [2.45, 2.75) is 6.42 Å². The van der Waals surface area contributed by atoms with Crippen molar-refractivity contribution in [1.29, 1.82) is 0 Å². The third kappa shape index (κ3) is 3.05. The summed E-state index contributed by atoms with van der Waals surface area (Å²) < 4.78 is 12.6. The molecule has 0 saturated heterocycles. The van der Waals surface area contributed by atoms with Crippen LogP contribution in [0.4, 0.5) is 10.1 Å². The van der Waals surface area contributed by atoms with E-state index in [-0.39, 0.29) is 5.82 Å². The van der Waals surface area contributed by atoms with Crippen LogP contribution in [0.1, 0.15) is 5.56 Å². The zero-order valence-corrected chi connectivity index (χ0v) is 8.86. The Morgan fingerprint density at radius 3 is 2.62 bits per heavy atom. The molecule has 0 bridgehead atoms. The molecule has 0 aliphatic heterocycles. The average molecular weight is 216 g/mol. The molecule has 1 heterocycles. The Bertz CT molecular complexity index is 425. The van der Waals surface area contributed by atoms with Crippen molar-refractivity contribution in [3.05, 3.63) is 60.2 Å². The first-order valence-electron chi connectivity index (χ1n) is 5.23. The van der Waals surface area contributed by atoms with Gasteiger partial charge in [0, 0.05) is 18.9 Å². The molecule has 1 aromatic carbocycles. The van der Waals surface area contributed by atoms with Crippen molar-refractivity contribution in [3.63, 3.8) is 0 Å². The van der Waals surface area contributed by atoms with Gasteiger partial charge in [0.05, 0.1) is 5.69 Å². The van der Waals surface area contributed by atoms with E-state index in [1.54, 1.807) is 24.5 Å². The van der Waals surface area contributed by atoms with Gasteiger partial charge in [0.1, 0.15) is 5.82 Å². The van der Waals surface area contributed by atoms with Crippen LogP contribution in [-0.2, 0) is 6.42 Å². The summed E-state index contributed by atoms with van der Waals surface area (Å²) in [4.78, 5) is 4.01. The lowest BCUT2D eigenvalue weighted by Gasteiger charge is -2.05. The highest BCUT2D eigenvalue weighted by Crippen LogP contribution is 2.05. The van der Waals surface area contributed by atoms with E-state index in [4.69, 9.17) is 0 Å². The van der Waals surface area contributed by atoms with Gasteiger partial charge in [0.15, 0.2) is 0 Å². The molecule has 0 amide bonds. The first kappa shape index (κ1) is 10.6. The van der Waals surface area contributed by atoms with Crippen LogP contribution in [0.2, 0.25) is 0 Å². The number of pyridine rings is 1. The number of halogens is 1. The minimum Gasteiger partial charge on any atom is -0.383 e. The SMILES string of the molecule is Fc1ccc(CCNc2cccnc2)cc1. The van der Waals surface area contributed by atoms with Gasteiger partial charge in [-0.1, -0.05) is 12.1 Å². The summed E-state index contributed by atoms with van der Waals surface area (Å²) in [6.07, 6.45) is 4.39. The van der Waals surface area contributed by atoms with Gasteiger partial charge in [-0.05, 0) is 36.2 Å². The van der Waals surface area contributed by atoms with Gasteiger partial charge < -0.3 is 5.32 Å². The first-order valence-corrected chi connectivity index (χ1v) is 5.23. The molecular formula is C13H13FN2. The second-order valence-electron chi connectivity index (χ2n) is 3.54. The maximum atomic E-state index is 12.6. The second-order valence-corrected chi connectivity index (χ2v) is 3.54. The van der Waals surface area contributed by atoms with E-state index >= 15 is 0 Å². The quantitative estimate of drug-likeness (QED) is 0.850. The number of nitrogens with one attached hydrogen (secondary N) is 1. The normalized spacial score (nSPS) is 10.1. The standard InChI is InChI=1S/C13H13FN2/c14-12-5-3-11(4-6-12)7-9-16-13-2-1-8-15-10-13/h1-6,8,10,16H,7,9H2. The zero-order chi connectivity index (χ0) is 11.2. The molecule has 0 saturated carbocycles. The lowest BCUT2D eigenvalue weighted by atomic mass is 10.1. The van der Waals surface area contributed by atoms with Gasteiger partial charge in [0.25, 0.3) is 0 Å². The Labute approximate surface area is 94.2 Å². The molecule has 2 nitrogen and oxygen atoms in total. The lowest BCUT2D eigenvalue weighted by molar-refractivity contribution is 0.627. The van der Waals surface area contributed by atoms with Crippen LogP contribution in [-0.4, -0.2) is 11.5 Å². The number of hydrogen-bond acceptors (Lipinski definition) is 2. The van der Waals surface area contributed by atoms with Gasteiger partial charge in [-0.15, -0.1) is 0 Å². The number of anilines is 1. The highest BCUT2D eigenvalue weighted by Gasteiger charge is 1.94. The van der Waals surface area contributed by atoms with E-state index in [1.807, 2.05) is 12.1 Å². The van der Waals surface area contributed by atoms with E-state index in [9.17, 15) is 4.39 Å². The smallest absolute Gasteiger partial charge is 0.123 e. The third-order valence-electron chi connectivity index (χ3n) is 2.32. The van der Waals surface area contributed by atoms with Gasteiger partial charge in [-0.25, -0.2) is 4.39 Å². The van der Waals surface area contributed by atoms with Gasteiger partial charge >= 0.3 is 0 Å². The molecule has 1 N–H and O–H groups in total. The van der Waals surface area contributed by atoms with Gasteiger partial charge in [-0.2, -0.15) is 0 Å². The summed E-state index contributed by atoms with van der Waals surface area (Å²) in [5, 5.41) is 3.25. The van der Waals surface area contributed by atoms with Crippen LogP contribution < -0.4 is 5.32 Å². The fourth-order valence-corrected chi connectivity index (χ4v) is 1.47. The third-order valence-corrected chi connectivity index (χ3v) is 2.32. The molecule has 0 spiro atoms. The minimum absolute atomic E-state index is 0.191. The second kappa shape index (κ2) is 5.26. The van der Waals surface area contributed by atoms with E-state index in [1.165, 1.54) is 12.1 Å². The van der Waals surface area contributed by atoms with Gasteiger partial charge in [0.2, 0.25) is 0 Å². The molecular weight excluding hydrogens is 203 g/mol. The number of nitrogens with zero attached hydrogens (tertiary/aromatic N) is 1. The highest BCUT2D eigenvalue weighted by molar-refractivity contribution is 5.39. The number of benzene rings is 1. The lowest BCUT2D eigenvalue weighted by Crippen LogP contribution is -2.04. The summed E-state index contributed by atoms with van der Waals surface area (Å²) in [5.74, 6) is -0.191. The predicted octanol–water partition coefficient (Wildman–Crippen LogP) is 2.88. The monoisotopic (exact) mass is 216 g/mol. The molecule has 0 aliphatic carbocycles. The molecule has 2 aromatic rings. The minimum atomic E-state index is -0.191. The zero-order valence-electron chi connectivity index (χ0n) is 8.86. The molecule has 82 valence electrons. The summed E-state index contributed by atoms with van der Waals surface area (Å²) in [6, 6.07) is 10.4. The number of rotatable bonds is 4. The van der Waals surface area contributed by atoms with E-state index < -0.39 is 0 Å². The Kier molecular flexibility index (Phi) is 3.49. The molecule has 0 atom stereocenters. The van der Waals surface area contributed by atoms with E-state index in [0.29, 0.717) is 0 Å². The maximum Gasteiger partial charge on any atom is 0.123 e. The molecule has 0 aliphatic rings. The molecule has 0 unspecified atom stereocenters. The Morgan fingerprint density at radius 1 is 1.12 bits per heavy atom. The van der Waals surface area contributed by atoms with Crippen molar-refractivity contribution in [2.75, 3.05) is 11.9 Å². The molecule has 2 rings (SSSR count). The average Bonchev–Trinajstić information content (AvgIpc) is 2.33. The Hall–Kier alpha value is -1.90. The van der Waals surface area contributed by atoms with Crippen LogP contribution >= 0.6 is 0 Å². The molecule has 3 heteroatoms. The maximum absolute atomic E-state index is 12.6. The van der Waals surface area contributed by atoms with Crippen LogP contribution in [0, 0.1) is 5.82 Å². The molecule has 1 aromatic heterocycles. The molecule has 0 fully saturated rings. The van der Waals surface area contributed by atoms with Gasteiger partial charge in [-0.3, -0.25) is 4.98 Å². The predicted molar refractivity (Wildman–Crippen MR) is 62.8 cm³/mol. The fraction of sp³-hybridized carbons (Fsp3) is 0.154. The van der Waals surface area contributed by atoms with Crippen molar-refractivity contribution in [2.24, 2.45) is 0 Å². The summed E-state index contributed by atoms with van der Waals surface area (Å²) >= 11 is 0. The van der Waals surface area contributed by atoms with Crippen LogP contribution in [0.15, 0.2) is 48.8 Å². The summed E-state index contributed by atoms with van der Waals surface area (Å²) in [6.45, 7) is 0.817. The van der Waals surface area contributed by atoms with Crippen LogP contribution in [0.5, 0.6) is 0 Å². The number of hydrogen-bond donors (Lipinski definition) is 1. The first-order chi connectivity index (χ1) is 7.84. The fourth-order valence-electron chi connectivity index (χ4n) is 1.47. The van der Waals surface area contributed by atoms with Crippen molar-refractivity contribution in [1.82, 2.24) is 4.98 Å². The van der Waals surface area contributed by atoms with Crippen molar-refractivity contribution < 1.29 is 4.39 Å². The molecule has 0 radical (unpaired) electrons. The molecule has 16 heavy (non-hydrogen) atoms. The van der Waals surface area contributed by atoms with E-state index in [2.05, 4.69) is 10.3 Å². The highest BCUT2D eigenvalue weighted by atomic mass is 19.1. The summed E-state index contributed by atoms with van der Waals surface area (Å²) in [5.41, 5.74) is 2.13. The topological polar surface area (TPSA) is 24.9 Å². The largest absolute Gasteiger partial charge is 0.383 e. The van der Waals surface area contributed by atoms with Crippen LogP contribution in [0.3, 0.4) is 0 Å². The van der Waals surface area contributed by atoms with E-state index in [0.717, 1.165) is 24.2 Å². The Balaban J connectivity index is 1.82. The Morgan fingerprint density at radius 2 is 1.94 bits per heavy atom. The van der Waals surface area contributed by atoms with Crippen molar-refractivity contribution in [3.8, 4) is 0 Å². The summed E-state index contributed by atoms with van der Waals surface area (Å²) in [7, 11) is 0. The number of aromatic nitrogens is 1. The van der Waals surface area contributed by atoms with Crippen LogP contribution in [0.25, 0.3) is 0 Å².